The highest BCUT2D eigenvalue weighted by atomic mass is 16.4. The van der Waals surface area contributed by atoms with Gasteiger partial charge < -0.3 is 10.0 Å². The van der Waals surface area contributed by atoms with Gasteiger partial charge in [0, 0.05) is 18.5 Å². The van der Waals surface area contributed by atoms with E-state index < -0.39 is 5.97 Å². The maximum atomic E-state index is 12.9. The van der Waals surface area contributed by atoms with Crippen molar-refractivity contribution in [3.05, 3.63) is 0 Å². The summed E-state index contributed by atoms with van der Waals surface area (Å²) in [5, 5.41) is 9.41. The molecule has 4 nitrogen and oxygen atoms in total. The molecular formula is C16H25NO3. The van der Waals surface area contributed by atoms with Gasteiger partial charge in [0.05, 0.1) is 5.92 Å². The highest BCUT2D eigenvalue weighted by Crippen LogP contribution is 2.47. The van der Waals surface area contributed by atoms with Crippen LogP contribution >= 0.6 is 0 Å². The lowest BCUT2D eigenvalue weighted by molar-refractivity contribution is -0.143. The van der Waals surface area contributed by atoms with Gasteiger partial charge in [0.15, 0.2) is 0 Å². The predicted molar refractivity (Wildman–Crippen MR) is 75.1 cm³/mol. The molecule has 3 aliphatic rings. The maximum Gasteiger partial charge on any atom is 0.308 e. The molecule has 0 radical (unpaired) electrons. The van der Waals surface area contributed by atoms with Gasteiger partial charge in [-0.2, -0.15) is 0 Å². The van der Waals surface area contributed by atoms with Crippen molar-refractivity contribution in [1.82, 2.24) is 4.90 Å². The first kappa shape index (κ1) is 13.9. The largest absolute Gasteiger partial charge is 0.481 e. The quantitative estimate of drug-likeness (QED) is 0.860. The Morgan fingerprint density at radius 2 is 1.85 bits per heavy atom. The molecule has 2 saturated carbocycles. The van der Waals surface area contributed by atoms with Crippen LogP contribution in [0.5, 0.6) is 0 Å². The summed E-state index contributed by atoms with van der Waals surface area (Å²) in [6.07, 6.45) is 7.46. The molecule has 1 amide bonds. The molecular weight excluding hydrogens is 254 g/mol. The van der Waals surface area contributed by atoms with E-state index in [2.05, 4.69) is 6.92 Å². The van der Waals surface area contributed by atoms with Crippen LogP contribution in [-0.2, 0) is 9.59 Å². The van der Waals surface area contributed by atoms with Crippen molar-refractivity contribution in [3.63, 3.8) is 0 Å². The molecule has 0 bridgehead atoms. The Labute approximate surface area is 120 Å². The minimum Gasteiger partial charge on any atom is -0.481 e. The van der Waals surface area contributed by atoms with Gasteiger partial charge in [0.25, 0.3) is 0 Å². The molecule has 2 atom stereocenters. The summed E-state index contributed by atoms with van der Waals surface area (Å²) in [6, 6.07) is 0. The van der Waals surface area contributed by atoms with Crippen LogP contribution in [0.15, 0.2) is 0 Å². The summed E-state index contributed by atoms with van der Waals surface area (Å²) in [5.74, 6) is -0.0513. The number of carbonyl (C=O) groups excluding carboxylic acids is 1. The van der Waals surface area contributed by atoms with Gasteiger partial charge in [0.2, 0.25) is 5.91 Å². The van der Waals surface area contributed by atoms with Crippen molar-refractivity contribution in [2.24, 2.45) is 23.2 Å². The minimum absolute atomic E-state index is 0.179. The number of rotatable bonds is 4. The number of likely N-dealkylation sites (tertiary alicyclic amines) is 1. The third-order valence-corrected chi connectivity index (χ3v) is 5.89. The normalized spacial score (nSPS) is 32.5. The number of amides is 1. The Kier molecular flexibility index (Phi) is 3.51. The average molecular weight is 279 g/mol. The van der Waals surface area contributed by atoms with Gasteiger partial charge in [-0.25, -0.2) is 0 Å². The lowest BCUT2D eigenvalue weighted by Crippen LogP contribution is -2.41. The molecule has 0 spiro atoms. The fraction of sp³-hybridized carbons (Fsp3) is 0.875. The van der Waals surface area contributed by atoms with Crippen molar-refractivity contribution in [1.29, 1.82) is 0 Å². The lowest BCUT2D eigenvalue weighted by Gasteiger charge is -2.31. The predicted octanol–water partition coefficient (Wildman–Crippen LogP) is 2.53. The molecule has 0 aromatic carbocycles. The smallest absolute Gasteiger partial charge is 0.308 e. The number of carbonyl (C=O) groups is 2. The van der Waals surface area contributed by atoms with E-state index in [0.29, 0.717) is 19.0 Å². The molecule has 1 aliphatic heterocycles. The van der Waals surface area contributed by atoms with E-state index in [1.807, 2.05) is 4.90 Å². The topological polar surface area (TPSA) is 57.6 Å². The molecule has 1 heterocycles. The van der Waals surface area contributed by atoms with Crippen molar-refractivity contribution in [2.45, 2.75) is 51.9 Å². The maximum absolute atomic E-state index is 12.9. The first-order valence-electron chi connectivity index (χ1n) is 8.09. The second-order valence-corrected chi connectivity index (χ2v) is 7.00. The van der Waals surface area contributed by atoms with Crippen molar-refractivity contribution in [3.8, 4) is 0 Å². The first-order valence-corrected chi connectivity index (χ1v) is 8.09. The van der Waals surface area contributed by atoms with E-state index in [0.717, 1.165) is 44.9 Å². The van der Waals surface area contributed by atoms with Crippen LogP contribution in [0, 0.1) is 23.2 Å². The Morgan fingerprint density at radius 3 is 2.35 bits per heavy atom. The molecule has 3 fully saturated rings. The lowest BCUT2D eigenvalue weighted by atomic mass is 9.82. The molecule has 3 rings (SSSR count). The summed E-state index contributed by atoms with van der Waals surface area (Å²) >= 11 is 0. The second kappa shape index (κ2) is 5.05. The first-order chi connectivity index (χ1) is 9.57. The number of hydrogen-bond acceptors (Lipinski definition) is 2. The zero-order valence-electron chi connectivity index (χ0n) is 12.3. The van der Waals surface area contributed by atoms with Crippen LogP contribution in [0.3, 0.4) is 0 Å². The Morgan fingerprint density at radius 1 is 1.20 bits per heavy atom. The van der Waals surface area contributed by atoms with E-state index in [9.17, 15) is 14.7 Å². The zero-order valence-corrected chi connectivity index (χ0v) is 12.3. The number of carboxylic acid groups (broad SMARTS) is 1. The summed E-state index contributed by atoms with van der Waals surface area (Å²) < 4.78 is 0. The molecule has 1 N–H and O–H groups in total. The number of carboxylic acids is 1. The van der Waals surface area contributed by atoms with Crippen molar-refractivity contribution in [2.75, 3.05) is 13.1 Å². The van der Waals surface area contributed by atoms with Gasteiger partial charge in [-0.1, -0.05) is 19.8 Å². The van der Waals surface area contributed by atoms with Gasteiger partial charge in [-0.05, 0) is 43.9 Å². The summed E-state index contributed by atoms with van der Waals surface area (Å²) in [7, 11) is 0. The molecule has 4 heteroatoms. The van der Waals surface area contributed by atoms with E-state index >= 15 is 0 Å². The number of hydrogen-bond donors (Lipinski definition) is 1. The van der Waals surface area contributed by atoms with Crippen LogP contribution in [0.4, 0.5) is 0 Å². The van der Waals surface area contributed by atoms with Gasteiger partial charge in [0.1, 0.15) is 0 Å². The molecule has 1 saturated heterocycles. The monoisotopic (exact) mass is 279 g/mol. The molecule has 20 heavy (non-hydrogen) atoms. The Hall–Kier alpha value is -1.06. The van der Waals surface area contributed by atoms with Gasteiger partial charge in [-0.3, -0.25) is 9.59 Å². The fourth-order valence-corrected chi connectivity index (χ4v) is 4.36. The van der Waals surface area contributed by atoms with Crippen LogP contribution < -0.4 is 0 Å². The fourth-order valence-electron chi connectivity index (χ4n) is 4.36. The van der Waals surface area contributed by atoms with E-state index in [-0.39, 0.29) is 23.2 Å². The van der Waals surface area contributed by atoms with E-state index in [4.69, 9.17) is 0 Å². The van der Waals surface area contributed by atoms with Crippen LogP contribution in [0.1, 0.15) is 51.9 Å². The molecule has 0 aromatic rings. The van der Waals surface area contributed by atoms with Gasteiger partial charge >= 0.3 is 5.97 Å². The molecule has 2 aliphatic carbocycles. The molecule has 0 aromatic heterocycles. The number of nitrogens with zero attached hydrogens (tertiary/aromatic N) is 1. The Balaban J connectivity index is 1.74. The van der Waals surface area contributed by atoms with Gasteiger partial charge in [-0.15, -0.1) is 0 Å². The summed E-state index contributed by atoms with van der Waals surface area (Å²) in [5.41, 5.74) is -0.179. The van der Waals surface area contributed by atoms with Crippen LogP contribution in [0.2, 0.25) is 0 Å². The van der Waals surface area contributed by atoms with Crippen LogP contribution in [0.25, 0.3) is 0 Å². The number of aliphatic carboxylic acids is 1. The van der Waals surface area contributed by atoms with Crippen LogP contribution in [-0.4, -0.2) is 35.0 Å². The zero-order chi connectivity index (χ0) is 14.3. The highest BCUT2D eigenvalue weighted by molar-refractivity contribution is 5.84. The standard InChI is InChI=1S/C16H25NO3/c1-2-16(7-3-4-8-16)15(20)17-9-12(11-5-6-11)13(10-17)14(18)19/h11-13H,2-10H2,1H3,(H,18,19)/t12-,13+/m1/s1. The molecule has 112 valence electrons. The molecule has 0 unspecified atom stereocenters. The minimum atomic E-state index is -0.714. The van der Waals surface area contributed by atoms with E-state index in [1.165, 1.54) is 0 Å². The Bertz CT molecular complexity index is 410. The summed E-state index contributed by atoms with van der Waals surface area (Å²) in [6.45, 7) is 3.23. The van der Waals surface area contributed by atoms with E-state index in [1.54, 1.807) is 0 Å². The second-order valence-electron chi connectivity index (χ2n) is 7.00. The SMILES string of the molecule is CCC1(C(=O)N2C[C@H](C(=O)O)[C@@H](C3CC3)C2)CCCC1. The third kappa shape index (κ3) is 2.23. The van der Waals surface area contributed by atoms with Crippen molar-refractivity contribution >= 4 is 11.9 Å². The third-order valence-electron chi connectivity index (χ3n) is 5.89. The highest BCUT2D eigenvalue weighted by Gasteiger charge is 2.50. The van der Waals surface area contributed by atoms with Crippen molar-refractivity contribution < 1.29 is 14.7 Å². The average Bonchev–Trinajstić information content (AvgIpc) is 3.02. The summed E-state index contributed by atoms with van der Waals surface area (Å²) in [4.78, 5) is 26.2.